The van der Waals surface area contributed by atoms with Gasteiger partial charge in [-0.2, -0.15) is 5.48 Å². The zero-order valence-corrected chi connectivity index (χ0v) is 9.09. The molecule has 1 aliphatic heterocycles. The molecular formula is C10H21NO2. The van der Waals surface area contributed by atoms with Gasteiger partial charge in [-0.05, 0) is 40.5 Å². The Labute approximate surface area is 80.7 Å². The van der Waals surface area contributed by atoms with Gasteiger partial charge in [0.25, 0.3) is 0 Å². The summed E-state index contributed by atoms with van der Waals surface area (Å²) in [6.45, 7) is 9.07. The zero-order chi connectivity index (χ0) is 9.90. The lowest BCUT2D eigenvalue weighted by Gasteiger charge is -2.30. The van der Waals surface area contributed by atoms with Crippen LogP contribution in [0.5, 0.6) is 0 Å². The van der Waals surface area contributed by atoms with Gasteiger partial charge in [0.1, 0.15) is 0 Å². The Hall–Kier alpha value is -0.120. The van der Waals surface area contributed by atoms with Crippen molar-refractivity contribution >= 4 is 0 Å². The summed E-state index contributed by atoms with van der Waals surface area (Å²) in [5.41, 5.74) is 3.00. The maximum absolute atomic E-state index is 5.51. The van der Waals surface area contributed by atoms with E-state index in [1.165, 1.54) is 0 Å². The summed E-state index contributed by atoms with van der Waals surface area (Å²) in [6, 6.07) is 0.447. The topological polar surface area (TPSA) is 30.5 Å². The summed E-state index contributed by atoms with van der Waals surface area (Å²) in [6.07, 6.45) is 2.44. The van der Waals surface area contributed by atoms with Crippen LogP contribution in [0, 0.1) is 0 Å². The Bertz CT molecular complexity index is 153. The fourth-order valence-electron chi connectivity index (χ4n) is 1.37. The molecule has 0 bridgehead atoms. The van der Waals surface area contributed by atoms with Gasteiger partial charge in [-0.15, -0.1) is 0 Å². The van der Waals surface area contributed by atoms with E-state index in [1.807, 2.05) is 20.8 Å². The molecule has 1 rings (SSSR count). The fraction of sp³-hybridized carbons (Fsp3) is 1.00. The van der Waals surface area contributed by atoms with E-state index in [4.69, 9.17) is 9.57 Å². The molecule has 0 amide bonds. The number of ether oxygens (including phenoxy) is 1. The van der Waals surface area contributed by atoms with Crippen LogP contribution in [0.2, 0.25) is 0 Å². The van der Waals surface area contributed by atoms with Crippen molar-refractivity contribution in [2.24, 2.45) is 0 Å². The van der Waals surface area contributed by atoms with Gasteiger partial charge in [0.15, 0.2) is 0 Å². The molecule has 0 aromatic rings. The molecule has 1 saturated heterocycles. The molecule has 1 aliphatic rings. The number of rotatable bonds is 2. The standard InChI is InChI=1S/C10H21NO2/c1-8-7-9(5-6-12-8)11-13-10(2,3)4/h8-9,11H,5-7H2,1-4H3. The van der Waals surface area contributed by atoms with Crippen molar-refractivity contribution in [1.82, 2.24) is 5.48 Å². The molecule has 2 unspecified atom stereocenters. The second-order valence-corrected chi connectivity index (χ2v) is 4.73. The second kappa shape index (κ2) is 4.40. The minimum Gasteiger partial charge on any atom is -0.378 e. The molecule has 0 aliphatic carbocycles. The smallest absolute Gasteiger partial charge is 0.0813 e. The van der Waals surface area contributed by atoms with Gasteiger partial charge >= 0.3 is 0 Å². The summed E-state index contributed by atoms with van der Waals surface area (Å²) >= 11 is 0. The lowest BCUT2D eigenvalue weighted by atomic mass is 10.1. The van der Waals surface area contributed by atoms with Crippen molar-refractivity contribution in [3.8, 4) is 0 Å². The molecule has 1 fully saturated rings. The first kappa shape index (κ1) is 11.0. The molecule has 13 heavy (non-hydrogen) atoms. The van der Waals surface area contributed by atoms with Crippen molar-refractivity contribution in [2.75, 3.05) is 6.61 Å². The minimum absolute atomic E-state index is 0.110. The largest absolute Gasteiger partial charge is 0.378 e. The Morgan fingerprint density at radius 3 is 2.62 bits per heavy atom. The van der Waals surface area contributed by atoms with Crippen LogP contribution in [0.25, 0.3) is 0 Å². The first-order valence-corrected chi connectivity index (χ1v) is 5.02. The third-order valence-electron chi connectivity index (χ3n) is 2.02. The van der Waals surface area contributed by atoms with Gasteiger partial charge in [-0.1, -0.05) is 0 Å². The van der Waals surface area contributed by atoms with Crippen molar-refractivity contribution in [3.63, 3.8) is 0 Å². The summed E-state index contributed by atoms with van der Waals surface area (Å²) in [4.78, 5) is 5.51. The number of hydrogen-bond acceptors (Lipinski definition) is 3. The highest BCUT2D eigenvalue weighted by atomic mass is 16.7. The highest BCUT2D eigenvalue weighted by molar-refractivity contribution is 4.72. The third-order valence-corrected chi connectivity index (χ3v) is 2.02. The normalized spacial score (nSPS) is 30.5. The van der Waals surface area contributed by atoms with E-state index in [0.29, 0.717) is 12.1 Å². The van der Waals surface area contributed by atoms with Crippen LogP contribution >= 0.6 is 0 Å². The SMILES string of the molecule is CC1CC(NOC(C)(C)C)CCO1. The lowest BCUT2D eigenvalue weighted by molar-refractivity contribution is -0.110. The summed E-state index contributed by atoms with van der Waals surface area (Å²) < 4.78 is 5.44. The Morgan fingerprint density at radius 1 is 1.38 bits per heavy atom. The van der Waals surface area contributed by atoms with Gasteiger partial charge in [-0.3, -0.25) is 4.84 Å². The van der Waals surface area contributed by atoms with Crippen molar-refractivity contribution in [1.29, 1.82) is 0 Å². The van der Waals surface area contributed by atoms with E-state index in [1.54, 1.807) is 0 Å². The quantitative estimate of drug-likeness (QED) is 0.669. The number of hydroxylamine groups is 1. The minimum atomic E-state index is -0.110. The maximum atomic E-state index is 5.51. The third kappa shape index (κ3) is 4.60. The van der Waals surface area contributed by atoms with Crippen molar-refractivity contribution in [3.05, 3.63) is 0 Å². The second-order valence-electron chi connectivity index (χ2n) is 4.73. The monoisotopic (exact) mass is 187 g/mol. The molecule has 0 radical (unpaired) electrons. The van der Waals surface area contributed by atoms with Gasteiger partial charge in [0.2, 0.25) is 0 Å². The molecule has 78 valence electrons. The summed E-state index contributed by atoms with van der Waals surface area (Å²) in [5.74, 6) is 0. The van der Waals surface area contributed by atoms with Gasteiger partial charge in [-0.25, -0.2) is 0 Å². The Kier molecular flexibility index (Phi) is 3.71. The highest BCUT2D eigenvalue weighted by Gasteiger charge is 2.21. The molecule has 0 saturated carbocycles. The average Bonchev–Trinajstić information content (AvgIpc) is 2.00. The Morgan fingerprint density at radius 2 is 2.08 bits per heavy atom. The average molecular weight is 187 g/mol. The van der Waals surface area contributed by atoms with Crippen LogP contribution in [0.4, 0.5) is 0 Å². The molecule has 0 spiro atoms. The number of hydrogen-bond donors (Lipinski definition) is 1. The molecule has 0 aromatic heterocycles. The zero-order valence-electron chi connectivity index (χ0n) is 9.09. The van der Waals surface area contributed by atoms with Gasteiger partial charge in [0, 0.05) is 12.6 Å². The van der Waals surface area contributed by atoms with Crippen molar-refractivity contribution in [2.45, 2.75) is 58.3 Å². The Balaban J connectivity index is 2.21. The van der Waals surface area contributed by atoms with Crippen LogP contribution in [0.3, 0.4) is 0 Å². The van der Waals surface area contributed by atoms with Crippen LogP contribution in [-0.2, 0) is 9.57 Å². The molecule has 0 aromatic carbocycles. The lowest BCUT2D eigenvalue weighted by Crippen LogP contribution is -2.41. The molecule has 3 heteroatoms. The predicted octanol–water partition coefficient (Wildman–Crippen LogP) is 1.87. The van der Waals surface area contributed by atoms with E-state index in [0.717, 1.165) is 19.4 Å². The molecule has 2 atom stereocenters. The first-order chi connectivity index (χ1) is 5.97. The van der Waals surface area contributed by atoms with E-state index in [-0.39, 0.29) is 5.60 Å². The predicted molar refractivity (Wildman–Crippen MR) is 52.4 cm³/mol. The highest BCUT2D eigenvalue weighted by Crippen LogP contribution is 2.14. The molecular weight excluding hydrogens is 166 g/mol. The van der Waals surface area contributed by atoms with E-state index in [2.05, 4.69) is 12.4 Å². The maximum Gasteiger partial charge on any atom is 0.0813 e. The first-order valence-electron chi connectivity index (χ1n) is 5.02. The van der Waals surface area contributed by atoms with E-state index >= 15 is 0 Å². The number of nitrogens with one attached hydrogen (secondary N) is 1. The van der Waals surface area contributed by atoms with E-state index in [9.17, 15) is 0 Å². The summed E-state index contributed by atoms with van der Waals surface area (Å²) in [5, 5.41) is 0. The van der Waals surface area contributed by atoms with Crippen molar-refractivity contribution < 1.29 is 9.57 Å². The molecule has 1 N–H and O–H groups in total. The molecule has 3 nitrogen and oxygen atoms in total. The molecule has 1 heterocycles. The van der Waals surface area contributed by atoms with Crippen LogP contribution in [-0.4, -0.2) is 24.4 Å². The van der Waals surface area contributed by atoms with Gasteiger partial charge in [0.05, 0.1) is 11.7 Å². The summed E-state index contributed by atoms with van der Waals surface area (Å²) in [7, 11) is 0. The van der Waals surface area contributed by atoms with Crippen LogP contribution < -0.4 is 5.48 Å². The van der Waals surface area contributed by atoms with E-state index < -0.39 is 0 Å². The van der Waals surface area contributed by atoms with Gasteiger partial charge < -0.3 is 4.74 Å². The van der Waals surface area contributed by atoms with Crippen LogP contribution in [0.1, 0.15) is 40.5 Å². The fourth-order valence-corrected chi connectivity index (χ4v) is 1.37. The van der Waals surface area contributed by atoms with Crippen LogP contribution in [0.15, 0.2) is 0 Å².